The fraction of sp³-hybridized carbons (Fsp3) is 0.241. The summed E-state index contributed by atoms with van der Waals surface area (Å²) < 4.78 is 7.77. The maximum Gasteiger partial charge on any atom is 0.156 e. The highest BCUT2D eigenvalue weighted by molar-refractivity contribution is 5.70. The normalized spacial score (nSPS) is 11.6. The average molecular weight is 479 g/mol. The van der Waals surface area contributed by atoms with Crippen molar-refractivity contribution in [3.63, 3.8) is 0 Å². The highest BCUT2D eigenvalue weighted by Gasteiger charge is 2.22. The van der Waals surface area contributed by atoms with Gasteiger partial charge in [-0.3, -0.25) is 9.97 Å². The largest absolute Gasteiger partial charge is 0.487 e. The van der Waals surface area contributed by atoms with Gasteiger partial charge in [0.15, 0.2) is 5.82 Å². The molecule has 7 nitrogen and oxygen atoms in total. The lowest BCUT2D eigenvalue weighted by molar-refractivity contribution is 0.302. The van der Waals surface area contributed by atoms with E-state index >= 15 is 0 Å². The summed E-state index contributed by atoms with van der Waals surface area (Å²) in [6.07, 6.45) is 9.28. The molecular weight excluding hydrogens is 448 g/mol. The zero-order chi connectivity index (χ0) is 25.3. The molecule has 0 spiro atoms. The third-order valence-corrected chi connectivity index (χ3v) is 6.00. The lowest BCUT2D eigenvalue weighted by Gasteiger charge is -2.21. The molecule has 36 heavy (non-hydrogen) atoms. The zero-order valence-electron chi connectivity index (χ0n) is 21.3. The number of benzene rings is 1. The van der Waals surface area contributed by atoms with Crippen molar-refractivity contribution in [1.82, 2.24) is 29.5 Å². The summed E-state index contributed by atoms with van der Waals surface area (Å²) >= 11 is 0. The maximum atomic E-state index is 5.86. The molecule has 0 bridgehead atoms. The van der Waals surface area contributed by atoms with Crippen molar-refractivity contribution in [3.05, 3.63) is 90.4 Å². The lowest BCUT2D eigenvalue weighted by atomic mass is 9.85. The number of nitrogens with zero attached hydrogens (tertiary/aromatic N) is 5. The van der Waals surface area contributed by atoms with E-state index in [2.05, 4.69) is 59.8 Å². The SMILES string of the molecule is Cc1cnc(-c2ncc(-c3ccnc(-c4ccc(OCc5cn(C)cn5)cc4)c3)[nH]2)c(C(C)(C)C)c1. The van der Waals surface area contributed by atoms with E-state index in [9.17, 15) is 0 Å². The molecule has 0 amide bonds. The van der Waals surface area contributed by atoms with Gasteiger partial charge >= 0.3 is 0 Å². The van der Waals surface area contributed by atoms with E-state index in [1.807, 2.05) is 66.7 Å². The van der Waals surface area contributed by atoms with Gasteiger partial charge in [-0.15, -0.1) is 0 Å². The van der Waals surface area contributed by atoms with Crippen LogP contribution in [0.25, 0.3) is 34.0 Å². The molecule has 0 aliphatic heterocycles. The topological polar surface area (TPSA) is 81.5 Å². The summed E-state index contributed by atoms with van der Waals surface area (Å²) in [5.41, 5.74) is 7.87. The van der Waals surface area contributed by atoms with Crippen LogP contribution in [0.5, 0.6) is 5.75 Å². The van der Waals surface area contributed by atoms with E-state index < -0.39 is 0 Å². The second-order valence-electron chi connectivity index (χ2n) is 10.1. The van der Waals surface area contributed by atoms with Crippen molar-refractivity contribution < 1.29 is 4.74 Å². The van der Waals surface area contributed by atoms with Crippen LogP contribution in [-0.4, -0.2) is 29.5 Å². The molecule has 5 rings (SSSR count). The zero-order valence-corrected chi connectivity index (χ0v) is 21.3. The number of aromatic nitrogens is 6. The van der Waals surface area contributed by atoms with Crippen LogP contribution in [-0.2, 0) is 19.1 Å². The lowest BCUT2D eigenvalue weighted by Crippen LogP contribution is -2.14. The van der Waals surface area contributed by atoms with E-state index in [1.165, 1.54) is 5.56 Å². The quantitative estimate of drug-likeness (QED) is 0.318. The highest BCUT2D eigenvalue weighted by atomic mass is 16.5. The number of hydrogen-bond donors (Lipinski definition) is 1. The Morgan fingerprint density at radius 1 is 0.917 bits per heavy atom. The standard InChI is InChI=1S/C29H30N6O/c1-19-12-24(29(2,3)4)27(31-14-19)28-32-15-26(34-28)21-10-11-30-25(13-21)20-6-8-23(9-7-20)36-17-22-16-35(5)18-33-22/h6-16,18H,17H2,1-5H3,(H,32,34). The summed E-state index contributed by atoms with van der Waals surface area (Å²) in [5.74, 6) is 1.56. The molecule has 0 aliphatic rings. The summed E-state index contributed by atoms with van der Waals surface area (Å²) in [7, 11) is 1.94. The maximum absolute atomic E-state index is 5.86. The van der Waals surface area contributed by atoms with Gasteiger partial charge in [0.2, 0.25) is 0 Å². The number of pyridine rings is 2. The molecule has 4 heterocycles. The molecule has 5 aromatic rings. The summed E-state index contributed by atoms with van der Waals surface area (Å²) in [6, 6.07) is 14.2. The van der Waals surface area contributed by atoms with Gasteiger partial charge in [-0.1, -0.05) is 26.8 Å². The predicted molar refractivity (Wildman–Crippen MR) is 141 cm³/mol. The van der Waals surface area contributed by atoms with Gasteiger partial charge in [0, 0.05) is 36.8 Å². The van der Waals surface area contributed by atoms with Crippen LogP contribution in [0, 0.1) is 6.92 Å². The number of H-pyrrole nitrogens is 1. The smallest absolute Gasteiger partial charge is 0.156 e. The van der Waals surface area contributed by atoms with Crippen LogP contribution < -0.4 is 4.74 Å². The van der Waals surface area contributed by atoms with Crippen LogP contribution in [0.4, 0.5) is 0 Å². The molecule has 1 aromatic carbocycles. The molecule has 0 saturated heterocycles. The van der Waals surface area contributed by atoms with Crippen molar-refractivity contribution in [3.8, 4) is 39.8 Å². The molecule has 0 aliphatic carbocycles. The second kappa shape index (κ2) is 9.41. The van der Waals surface area contributed by atoms with Crippen LogP contribution in [0.3, 0.4) is 0 Å². The van der Waals surface area contributed by atoms with E-state index in [0.29, 0.717) is 6.61 Å². The first-order chi connectivity index (χ1) is 17.3. The van der Waals surface area contributed by atoms with Crippen molar-refractivity contribution in [2.24, 2.45) is 7.05 Å². The van der Waals surface area contributed by atoms with Crippen LogP contribution >= 0.6 is 0 Å². The minimum Gasteiger partial charge on any atom is -0.487 e. The van der Waals surface area contributed by atoms with Crippen LogP contribution in [0.1, 0.15) is 37.6 Å². The molecule has 182 valence electrons. The summed E-state index contributed by atoms with van der Waals surface area (Å²) in [5, 5.41) is 0. The molecule has 7 heteroatoms. The number of nitrogens with one attached hydrogen (secondary N) is 1. The molecule has 0 saturated carbocycles. The number of aromatic amines is 1. The average Bonchev–Trinajstić information content (AvgIpc) is 3.52. The number of aryl methyl sites for hydroxylation is 2. The molecule has 1 N–H and O–H groups in total. The third kappa shape index (κ3) is 5.05. The fourth-order valence-corrected chi connectivity index (χ4v) is 4.09. The van der Waals surface area contributed by atoms with Crippen molar-refractivity contribution in [2.45, 2.75) is 39.7 Å². The fourth-order valence-electron chi connectivity index (χ4n) is 4.09. The van der Waals surface area contributed by atoms with Gasteiger partial charge in [-0.2, -0.15) is 0 Å². The van der Waals surface area contributed by atoms with Gasteiger partial charge in [-0.05, 0) is 59.9 Å². The molecule has 4 aromatic heterocycles. The predicted octanol–water partition coefficient (Wildman–Crippen LogP) is 6.12. The van der Waals surface area contributed by atoms with Gasteiger partial charge < -0.3 is 14.3 Å². The Balaban J connectivity index is 1.36. The Bertz CT molecular complexity index is 1490. The van der Waals surface area contributed by atoms with Crippen molar-refractivity contribution in [2.75, 3.05) is 0 Å². The minimum atomic E-state index is -0.0430. The van der Waals surface area contributed by atoms with E-state index in [-0.39, 0.29) is 5.41 Å². The van der Waals surface area contributed by atoms with E-state index in [1.54, 1.807) is 6.33 Å². The van der Waals surface area contributed by atoms with Crippen LogP contribution in [0.2, 0.25) is 0 Å². The summed E-state index contributed by atoms with van der Waals surface area (Å²) in [4.78, 5) is 21.7. The summed E-state index contributed by atoms with van der Waals surface area (Å²) in [6.45, 7) is 9.09. The Hall–Kier alpha value is -4.26. The van der Waals surface area contributed by atoms with Gasteiger partial charge in [0.1, 0.15) is 18.1 Å². The van der Waals surface area contributed by atoms with Gasteiger partial charge in [0.25, 0.3) is 0 Å². The van der Waals surface area contributed by atoms with Gasteiger partial charge in [0.05, 0.1) is 29.6 Å². The van der Waals surface area contributed by atoms with E-state index in [4.69, 9.17) is 9.72 Å². The number of rotatable bonds is 6. The number of ether oxygens (including phenoxy) is 1. The first-order valence-corrected chi connectivity index (χ1v) is 12.0. The second-order valence-corrected chi connectivity index (χ2v) is 10.1. The Kier molecular flexibility index (Phi) is 6.14. The van der Waals surface area contributed by atoms with Crippen molar-refractivity contribution >= 4 is 0 Å². The third-order valence-electron chi connectivity index (χ3n) is 6.00. The van der Waals surface area contributed by atoms with Crippen molar-refractivity contribution in [1.29, 1.82) is 0 Å². The number of hydrogen-bond acceptors (Lipinski definition) is 5. The molecule has 0 radical (unpaired) electrons. The first kappa shape index (κ1) is 23.5. The highest BCUT2D eigenvalue weighted by Crippen LogP contribution is 2.32. The Morgan fingerprint density at radius 3 is 2.44 bits per heavy atom. The van der Waals surface area contributed by atoms with Crippen LogP contribution in [0.15, 0.2) is 73.6 Å². The molecular formula is C29H30N6O. The Morgan fingerprint density at radius 2 is 1.72 bits per heavy atom. The Labute approximate surface area is 211 Å². The minimum absolute atomic E-state index is 0.0430. The monoisotopic (exact) mass is 478 g/mol. The molecule has 0 atom stereocenters. The van der Waals surface area contributed by atoms with Gasteiger partial charge in [-0.25, -0.2) is 9.97 Å². The van der Waals surface area contributed by atoms with E-state index in [0.717, 1.165) is 51.0 Å². The first-order valence-electron chi connectivity index (χ1n) is 12.0. The molecule has 0 unspecified atom stereocenters. The molecule has 0 fully saturated rings. The number of imidazole rings is 2.